The van der Waals surface area contributed by atoms with Crippen molar-refractivity contribution in [3.63, 3.8) is 0 Å². The summed E-state index contributed by atoms with van der Waals surface area (Å²) >= 11 is 13.3. The van der Waals surface area contributed by atoms with E-state index in [1.807, 2.05) is 0 Å². The lowest BCUT2D eigenvalue weighted by Gasteiger charge is -2.10. The van der Waals surface area contributed by atoms with Gasteiger partial charge >= 0.3 is 6.18 Å². The zero-order chi connectivity index (χ0) is 23.0. The third-order valence-electron chi connectivity index (χ3n) is 4.55. The number of nitrogens with zero attached hydrogens (tertiary/aromatic N) is 5. The van der Waals surface area contributed by atoms with E-state index in [9.17, 15) is 18.0 Å². The summed E-state index contributed by atoms with van der Waals surface area (Å²) < 4.78 is 43.0. The van der Waals surface area contributed by atoms with Crippen molar-refractivity contribution in [1.82, 2.24) is 29.7 Å². The van der Waals surface area contributed by atoms with Crippen LogP contribution in [0.3, 0.4) is 0 Å². The van der Waals surface area contributed by atoms with Gasteiger partial charge in [0.05, 0.1) is 16.3 Å². The molecule has 0 saturated heterocycles. The first-order valence-corrected chi connectivity index (χ1v) is 11.0. The minimum absolute atomic E-state index is 0.0678. The van der Waals surface area contributed by atoms with Gasteiger partial charge in [0.2, 0.25) is 0 Å². The number of fused-ring (bicyclic) bond motifs is 1. The van der Waals surface area contributed by atoms with Gasteiger partial charge in [-0.15, -0.1) is 11.3 Å². The van der Waals surface area contributed by atoms with Crippen LogP contribution in [0.15, 0.2) is 29.6 Å². The molecule has 13 heteroatoms. The monoisotopic (exact) mass is 502 g/mol. The number of nitrogens with one attached hydrogen (secondary N) is 1. The van der Waals surface area contributed by atoms with E-state index >= 15 is 0 Å². The van der Waals surface area contributed by atoms with Gasteiger partial charge < -0.3 is 5.32 Å². The van der Waals surface area contributed by atoms with E-state index in [1.54, 1.807) is 24.4 Å². The van der Waals surface area contributed by atoms with Crippen molar-refractivity contribution < 1.29 is 18.0 Å². The predicted molar refractivity (Wildman–Crippen MR) is 115 cm³/mol. The quantitative estimate of drug-likeness (QED) is 0.371. The summed E-state index contributed by atoms with van der Waals surface area (Å²) in [5.74, 6) is -0.609. The Kier molecular flexibility index (Phi) is 6.15. The Morgan fingerprint density at radius 1 is 1.25 bits per heavy atom. The highest BCUT2D eigenvalue weighted by Crippen LogP contribution is 2.33. The third kappa shape index (κ3) is 4.45. The first kappa shape index (κ1) is 22.6. The summed E-state index contributed by atoms with van der Waals surface area (Å²) in [6.07, 6.45) is -4.19. The fourth-order valence-electron chi connectivity index (χ4n) is 3.04. The molecule has 7 nitrogen and oxygen atoms in total. The topological polar surface area (TPSA) is 77.1 Å². The first-order valence-electron chi connectivity index (χ1n) is 9.33. The number of halogens is 5. The Labute approximate surface area is 193 Å². The smallest absolute Gasteiger partial charge is 0.351 e. The number of alkyl halides is 3. The van der Waals surface area contributed by atoms with Crippen LogP contribution in [-0.4, -0.2) is 36.8 Å². The highest BCUT2D eigenvalue weighted by atomic mass is 35.5. The Balaban J connectivity index is 1.51. The first-order chi connectivity index (χ1) is 15.1. The predicted octanol–water partition coefficient (Wildman–Crippen LogP) is 5.11. The van der Waals surface area contributed by atoms with Crippen LogP contribution in [0.2, 0.25) is 10.2 Å². The molecular formula is C19H15Cl2F3N6OS. The van der Waals surface area contributed by atoms with Gasteiger partial charge in [-0.1, -0.05) is 29.3 Å². The van der Waals surface area contributed by atoms with Crippen molar-refractivity contribution >= 4 is 46.1 Å². The number of carbonyl (C=O) groups is 1. The van der Waals surface area contributed by atoms with Crippen LogP contribution >= 0.6 is 34.5 Å². The Morgan fingerprint density at radius 2 is 2.03 bits per heavy atom. The van der Waals surface area contributed by atoms with E-state index < -0.39 is 17.8 Å². The van der Waals surface area contributed by atoms with Crippen molar-refractivity contribution in [2.24, 2.45) is 0 Å². The average Bonchev–Trinajstić information content (AvgIpc) is 3.46. The van der Waals surface area contributed by atoms with Crippen molar-refractivity contribution in [2.75, 3.05) is 6.54 Å². The average molecular weight is 503 g/mol. The summed E-state index contributed by atoms with van der Waals surface area (Å²) in [6.45, 7) is 2.37. The van der Waals surface area contributed by atoms with E-state index in [2.05, 4.69) is 20.5 Å². The highest BCUT2D eigenvalue weighted by molar-refractivity contribution is 7.13. The molecule has 0 fully saturated rings. The fraction of sp³-hybridized carbons (Fsp3) is 0.263. The molecule has 0 saturated carbocycles. The second kappa shape index (κ2) is 8.72. The Hall–Kier alpha value is -2.63. The maximum absolute atomic E-state index is 13.6. The molecule has 0 spiro atoms. The molecule has 1 amide bonds. The molecule has 4 rings (SSSR count). The summed E-state index contributed by atoms with van der Waals surface area (Å²) in [4.78, 5) is 17.3. The van der Waals surface area contributed by atoms with Crippen LogP contribution in [0.5, 0.6) is 0 Å². The molecule has 168 valence electrons. The molecule has 0 bridgehead atoms. The lowest BCUT2D eigenvalue weighted by molar-refractivity contribution is -0.142. The highest BCUT2D eigenvalue weighted by Gasteiger charge is 2.35. The van der Waals surface area contributed by atoms with Gasteiger partial charge in [0, 0.05) is 19.2 Å². The molecule has 0 aliphatic heterocycles. The number of aromatic nitrogens is 5. The molecule has 0 radical (unpaired) electrons. The Morgan fingerprint density at radius 3 is 2.66 bits per heavy atom. The second-order valence-corrected chi connectivity index (χ2v) is 8.51. The molecule has 0 aliphatic carbocycles. The van der Waals surface area contributed by atoms with E-state index in [0.717, 1.165) is 6.07 Å². The Bertz CT molecular complexity index is 1280. The standard InChI is InChI=1S/C19H15Cl2F3N6OS/c1-10-16(20)17(21)29(27-10)6-3-5-25-18(31)12-9-15-26-11(13-4-2-7-32-13)8-14(19(22,23)24)30(15)28-12/h2,4,7-9H,3,5-6H2,1H3,(H,25,31). The molecule has 0 unspecified atom stereocenters. The third-order valence-corrected chi connectivity index (χ3v) is 6.38. The van der Waals surface area contributed by atoms with Crippen LogP contribution in [-0.2, 0) is 12.7 Å². The number of aryl methyl sites for hydroxylation is 2. The number of carbonyl (C=O) groups excluding carboxylic acids is 1. The molecule has 0 aromatic carbocycles. The van der Waals surface area contributed by atoms with Crippen molar-refractivity contribution in [3.8, 4) is 10.6 Å². The van der Waals surface area contributed by atoms with Crippen LogP contribution in [0.25, 0.3) is 16.2 Å². The van der Waals surface area contributed by atoms with Gasteiger partial charge in [-0.2, -0.15) is 23.4 Å². The van der Waals surface area contributed by atoms with Gasteiger partial charge in [-0.05, 0) is 30.9 Å². The number of thiophene rings is 1. The zero-order valence-electron chi connectivity index (χ0n) is 16.5. The van der Waals surface area contributed by atoms with Gasteiger partial charge in [-0.25, -0.2) is 9.50 Å². The van der Waals surface area contributed by atoms with E-state index in [-0.39, 0.29) is 23.6 Å². The minimum atomic E-state index is -4.67. The maximum Gasteiger partial charge on any atom is 0.433 e. The molecule has 0 atom stereocenters. The van der Waals surface area contributed by atoms with E-state index in [0.29, 0.717) is 38.2 Å². The van der Waals surface area contributed by atoms with E-state index in [1.165, 1.54) is 22.1 Å². The largest absolute Gasteiger partial charge is 0.433 e. The van der Waals surface area contributed by atoms with Gasteiger partial charge in [-0.3, -0.25) is 9.48 Å². The summed E-state index contributed by atoms with van der Waals surface area (Å²) in [5.41, 5.74) is -0.480. The molecule has 32 heavy (non-hydrogen) atoms. The number of rotatable bonds is 6. The van der Waals surface area contributed by atoms with Crippen LogP contribution in [0.1, 0.15) is 28.3 Å². The second-order valence-electron chi connectivity index (χ2n) is 6.82. The van der Waals surface area contributed by atoms with Crippen LogP contribution < -0.4 is 5.32 Å². The van der Waals surface area contributed by atoms with Crippen molar-refractivity contribution in [1.29, 1.82) is 0 Å². The summed E-state index contributed by atoms with van der Waals surface area (Å²) in [5, 5.41) is 13.1. The molecule has 1 N–H and O–H groups in total. The fourth-order valence-corrected chi connectivity index (χ4v) is 4.12. The molecule has 0 aliphatic rings. The number of hydrogen-bond acceptors (Lipinski definition) is 5. The molecular weight excluding hydrogens is 488 g/mol. The number of amides is 1. The molecule has 4 aromatic heterocycles. The van der Waals surface area contributed by atoms with Crippen LogP contribution in [0, 0.1) is 6.92 Å². The molecule has 4 aromatic rings. The molecule has 4 heterocycles. The lowest BCUT2D eigenvalue weighted by atomic mass is 10.2. The van der Waals surface area contributed by atoms with Crippen molar-refractivity contribution in [2.45, 2.75) is 26.1 Å². The minimum Gasteiger partial charge on any atom is -0.351 e. The van der Waals surface area contributed by atoms with Gasteiger partial charge in [0.1, 0.15) is 10.2 Å². The lowest BCUT2D eigenvalue weighted by Crippen LogP contribution is -2.26. The van der Waals surface area contributed by atoms with E-state index in [4.69, 9.17) is 23.2 Å². The summed E-state index contributed by atoms with van der Waals surface area (Å²) in [7, 11) is 0. The normalized spacial score (nSPS) is 11.9. The SMILES string of the molecule is Cc1nn(CCCNC(=O)c2cc3nc(-c4cccs4)cc(C(F)(F)F)n3n2)c(Cl)c1Cl. The van der Waals surface area contributed by atoms with Gasteiger partial charge in [0.15, 0.2) is 17.0 Å². The van der Waals surface area contributed by atoms with Crippen LogP contribution in [0.4, 0.5) is 13.2 Å². The summed E-state index contributed by atoms with van der Waals surface area (Å²) in [6, 6.07) is 5.55. The van der Waals surface area contributed by atoms with Crippen molar-refractivity contribution in [3.05, 3.63) is 56.9 Å². The van der Waals surface area contributed by atoms with Gasteiger partial charge in [0.25, 0.3) is 5.91 Å². The zero-order valence-corrected chi connectivity index (χ0v) is 18.8. The maximum atomic E-state index is 13.6. The number of hydrogen-bond donors (Lipinski definition) is 1.